The van der Waals surface area contributed by atoms with Gasteiger partial charge in [0.15, 0.2) is 0 Å². The Hall–Kier alpha value is -2.01. The first-order chi connectivity index (χ1) is 11.5. The molecule has 0 radical (unpaired) electrons. The SMILES string of the molecule is Cc1ccnc([C@H]2C[C@@H]2c2nc3cccc(N(C)C)c3cc2Br)n1. The highest BCUT2D eigenvalue weighted by molar-refractivity contribution is 9.10. The number of halogens is 1. The average Bonchev–Trinajstić information content (AvgIpc) is 3.34. The molecule has 1 fully saturated rings. The van der Waals surface area contributed by atoms with Gasteiger partial charge in [-0.3, -0.25) is 4.98 Å². The Bertz CT molecular complexity index is 922. The highest BCUT2D eigenvalue weighted by Gasteiger charge is 2.44. The molecule has 0 spiro atoms. The molecule has 0 amide bonds. The van der Waals surface area contributed by atoms with Crippen molar-refractivity contribution >= 4 is 32.5 Å². The minimum atomic E-state index is 0.378. The normalized spacial score (nSPS) is 19.5. The van der Waals surface area contributed by atoms with Crippen LogP contribution in [0, 0.1) is 6.92 Å². The smallest absolute Gasteiger partial charge is 0.132 e. The van der Waals surface area contributed by atoms with Crippen LogP contribution in [-0.2, 0) is 0 Å². The molecule has 0 N–H and O–H groups in total. The molecule has 1 aliphatic rings. The minimum absolute atomic E-state index is 0.378. The fourth-order valence-electron chi connectivity index (χ4n) is 3.25. The van der Waals surface area contributed by atoms with E-state index in [9.17, 15) is 0 Å². The number of anilines is 1. The Balaban J connectivity index is 1.72. The lowest BCUT2D eigenvalue weighted by molar-refractivity contribution is 0.865. The van der Waals surface area contributed by atoms with Gasteiger partial charge in [-0.2, -0.15) is 0 Å². The van der Waals surface area contributed by atoms with Crippen LogP contribution in [0.15, 0.2) is 41.0 Å². The van der Waals surface area contributed by atoms with E-state index >= 15 is 0 Å². The zero-order valence-electron chi connectivity index (χ0n) is 14.0. The third-order valence-electron chi connectivity index (χ3n) is 4.59. The number of hydrogen-bond acceptors (Lipinski definition) is 4. The van der Waals surface area contributed by atoms with E-state index in [1.165, 1.54) is 11.1 Å². The summed E-state index contributed by atoms with van der Waals surface area (Å²) >= 11 is 3.73. The van der Waals surface area contributed by atoms with Crippen LogP contribution in [-0.4, -0.2) is 29.0 Å². The summed E-state index contributed by atoms with van der Waals surface area (Å²) in [6.07, 6.45) is 2.91. The van der Waals surface area contributed by atoms with Gasteiger partial charge in [0.05, 0.1) is 11.2 Å². The maximum Gasteiger partial charge on any atom is 0.132 e. The second-order valence-electron chi connectivity index (χ2n) is 6.60. The molecule has 24 heavy (non-hydrogen) atoms. The molecule has 4 rings (SSSR count). The topological polar surface area (TPSA) is 41.9 Å². The molecule has 0 bridgehead atoms. The summed E-state index contributed by atoms with van der Waals surface area (Å²) in [4.78, 5) is 16.1. The van der Waals surface area contributed by atoms with Crippen molar-refractivity contribution in [3.8, 4) is 0 Å². The van der Waals surface area contributed by atoms with Crippen molar-refractivity contribution < 1.29 is 0 Å². The number of aromatic nitrogens is 3. The molecule has 4 nitrogen and oxygen atoms in total. The Labute approximate surface area is 150 Å². The number of aryl methyl sites for hydroxylation is 1. The number of fused-ring (bicyclic) bond motifs is 1. The van der Waals surface area contributed by atoms with Crippen molar-refractivity contribution in [2.45, 2.75) is 25.2 Å². The van der Waals surface area contributed by atoms with Crippen LogP contribution >= 0.6 is 15.9 Å². The van der Waals surface area contributed by atoms with Crippen LogP contribution in [0.25, 0.3) is 10.9 Å². The third kappa shape index (κ3) is 2.67. The van der Waals surface area contributed by atoms with Crippen molar-refractivity contribution in [2.75, 3.05) is 19.0 Å². The Morgan fingerprint density at radius 2 is 1.96 bits per heavy atom. The van der Waals surface area contributed by atoms with Crippen LogP contribution in [0.5, 0.6) is 0 Å². The molecular formula is C19H19BrN4. The van der Waals surface area contributed by atoms with Gasteiger partial charge < -0.3 is 4.90 Å². The number of rotatable bonds is 3. The highest BCUT2D eigenvalue weighted by Crippen LogP contribution is 2.54. The number of pyridine rings is 1. The van der Waals surface area contributed by atoms with Gasteiger partial charge >= 0.3 is 0 Å². The molecule has 122 valence electrons. The lowest BCUT2D eigenvalue weighted by Gasteiger charge is -2.16. The summed E-state index contributed by atoms with van der Waals surface area (Å²) in [7, 11) is 4.12. The van der Waals surface area contributed by atoms with Gasteiger partial charge in [0.25, 0.3) is 0 Å². The van der Waals surface area contributed by atoms with Gasteiger partial charge in [-0.05, 0) is 53.5 Å². The maximum absolute atomic E-state index is 4.95. The largest absolute Gasteiger partial charge is 0.377 e. The fourth-order valence-corrected chi connectivity index (χ4v) is 3.86. The summed E-state index contributed by atoms with van der Waals surface area (Å²) in [6, 6.07) is 10.4. The van der Waals surface area contributed by atoms with E-state index in [4.69, 9.17) is 4.98 Å². The van der Waals surface area contributed by atoms with E-state index in [1.807, 2.05) is 19.2 Å². The van der Waals surface area contributed by atoms with Gasteiger partial charge in [-0.15, -0.1) is 0 Å². The molecule has 2 aromatic heterocycles. The fraction of sp³-hybridized carbons (Fsp3) is 0.316. The molecule has 1 aliphatic carbocycles. The van der Waals surface area contributed by atoms with E-state index in [0.29, 0.717) is 11.8 Å². The molecular weight excluding hydrogens is 364 g/mol. The van der Waals surface area contributed by atoms with E-state index in [-0.39, 0.29) is 0 Å². The van der Waals surface area contributed by atoms with Crippen molar-refractivity contribution in [2.24, 2.45) is 0 Å². The average molecular weight is 383 g/mol. The zero-order valence-corrected chi connectivity index (χ0v) is 15.6. The van der Waals surface area contributed by atoms with E-state index in [1.54, 1.807) is 0 Å². The lowest BCUT2D eigenvalue weighted by atomic mass is 10.1. The molecule has 0 aliphatic heterocycles. The molecule has 5 heteroatoms. The maximum atomic E-state index is 4.95. The summed E-state index contributed by atoms with van der Waals surface area (Å²) in [5, 5.41) is 1.17. The Morgan fingerprint density at radius 3 is 2.71 bits per heavy atom. The van der Waals surface area contributed by atoms with Crippen molar-refractivity contribution in [1.29, 1.82) is 0 Å². The van der Waals surface area contributed by atoms with Crippen LogP contribution < -0.4 is 4.90 Å². The van der Waals surface area contributed by atoms with Gasteiger partial charge in [-0.25, -0.2) is 9.97 Å². The van der Waals surface area contributed by atoms with Crippen molar-refractivity contribution in [3.05, 3.63) is 58.2 Å². The molecule has 2 heterocycles. The first-order valence-electron chi connectivity index (χ1n) is 8.10. The first kappa shape index (κ1) is 15.5. The number of hydrogen-bond donors (Lipinski definition) is 0. The summed E-state index contributed by atoms with van der Waals surface area (Å²) < 4.78 is 1.07. The minimum Gasteiger partial charge on any atom is -0.377 e. The van der Waals surface area contributed by atoms with Gasteiger partial charge in [0, 0.05) is 53.4 Å². The van der Waals surface area contributed by atoms with E-state index in [0.717, 1.165) is 33.6 Å². The Kier molecular flexibility index (Phi) is 3.76. The zero-order chi connectivity index (χ0) is 16.8. The van der Waals surface area contributed by atoms with E-state index in [2.05, 4.69) is 69.2 Å². The van der Waals surface area contributed by atoms with E-state index < -0.39 is 0 Å². The molecule has 1 saturated carbocycles. The third-order valence-corrected chi connectivity index (χ3v) is 5.22. The molecule has 2 atom stereocenters. The van der Waals surface area contributed by atoms with Crippen LogP contribution in [0.1, 0.15) is 35.5 Å². The second kappa shape index (κ2) is 5.81. The van der Waals surface area contributed by atoms with Crippen molar-refractivity contribution in [3.63, 3.8) is 0 Å². The summed E-state index contributed by atoms with van der Waals surface area (Å²) in [5.41, 5.74) is 4.36. The molecule has 0 saturated heterocycles. The molecule has 3 aromatic rings. The van der Waals surface area contributed by atoms with Crippen LogP contribution in [0.2, 0.25) is 0 Å². The van der Waals surface area contributed by atoms with Gasteiger partial charge in [-0.1, -0.05) is 6.07 Å². The predicted molar refractivity (Wildman–Crippen MR) is 101 cm³/mol. The molecule has 1 aromatic carbocycles. The molecule has 0 unspecified atom stereocenters. The second-order valence-corrected chi connectivity index (χ2v) is 7.45. The number of nitrogens with zero attached hydrogens (tertiary/aromatic N) is 4. The van der Waals surface area contributed by atoms with Gasteiger partial charge in [0.2, 0.25) is 0 Å². The highest BCUT2D eigenvalue weighted by atomic mass is 79.9. The summed E-state index contributed by atoms with van der Waals surface area (Å²) in [5.74, 6) is 1.72. The quantitative estimate of drug-likeness (QED) is 0.671. The van der Waals surface area contributed by atoms with Crippen LogP contribution in [0.3, 0.4) is 0 Å². The van der Waals surface area contributed by atoms with Crippen molar-refractivity contribution in [1.82, 2.24) is 15.0 Å². The Morgan fingerprint density at radius 1 is 1.12 bits per heavy atom. The predicted octanol–water partition coefficient (Wildman–Crippen LogP) is 4.43. The first-order valence-corrected chi connectivity index (χ1v) is 8.90. The number of benzene rings is 1. The van der Waals surface area contributed by atoms with Gasteiger partial charge in [0.1, 0.15) is 5.82 Å². The summed E-state index contributed by atoms with van der Waals surface area (Å²) in [6.45, 7) is 2.01. The van der Waals surface area contributed by atoms with Crippen LogP contribution in [0.4, 0.5) is 5.69 Å². The standard InChI is InChI=1S/C19H19BrN4/c1-11-7-8-21-19(22-11)13-9-12(13)18-15(20)10-14-16(23-18)5-4-6-17(14)24(2)3/h4-8,10,12-13H,9H2,1-3H3/t12-,13-/m0/s1. The monoisotopic (exact) mass is 382 g/mol. The lowest BCUT2D eigenvalue weighted by Crippen LogP contribution is -2.09.